The molecule has 1 aromatic carbocycles. The van der Waals surface area contributed by atoms with Gasteiger partial charge in [-0.2, -0.15) is 0 Å². The molecule has 128 valence electrons. The second-order valence-electron chi connectivity index (χ2n) is 5.17. The quantitative estimate of drug-likeness (QED) is 0.529. The summed E-state index contributed by atoms with van der Waals surface area (Å²) >= 11 is 1.14. The number of Topliss-reactive ketones (excluding diaryl/α,β-unsaturated/α-hetero) is 1. The molecule has 1 N–H and O–H groups in total. The molecule has 0 radical (unpaired) electrons. The van der Waals surface area contributed by atoms with Gasteiger partial charge in [-0.3, -0.25) is 9.59 Å². The Balaban J connectivity index is 1.59. The summed E-state index contributed by atoms with van der Waals surface area (Å²) in [5, 5.41) is 14.5. The zero-order chi connectivity index (χ0) is 17.8. The lowest BCUT2D eigenvalue weighted by molar-refractivity contribution is -0.114. The first-order chi connectivity index (χ1) is 12.0. The highest BCUT2D eigenvalue weighted by molar-refractivity contribution is 7.99. The molecular formula is C16H14N4O4S. The van der Waals surface area contributed by atoms with Gasteiger partial charge < -0.3 is 14.3 Å². The molecule has 0 saturated heterocycles. The number of benzene rings is 1. The molecule has 2 heterocycles. The van der Waals surface area contributed by atoms with Gasteiger partial charge >= 0.3 is 0 Å². The van der Waals surface area contributed by atoms with Crippen LogP contribution in [0.3, 0.4) is 0 Å². The lowest BCUT2D eigenvalue weighted by atomic mass is 10.1. The van der Waals surface area contributed by atoms with Crippen LogP contribution in [0.4, 0.5) is 5.69 Å². The van der Waals surface area contributed by atoms with Gasteiger partial charge in [-0.1, -0.05) is 16.9 Å². The van der Waals surface area contributed by atoms with Crippen LogP contribution >= 0.6 is 11.8 Å². The molecule has 0 atom stereocenters. The molecule has 0 aliphatic carbocycles. The van der Waals surface area contributed by atoms with Crippen molar-refractivity contribution in [1.82, 2.24) is 15.4 Å². The highest BCUT2D eigenvalue weighted by Crippen LogP contribution is 2.23. The van der Waals surface area contributed by atoms with E-state index in [0.717, 1.165) is 11.8 Å². The Morgan fingerprint density at radius 3 is 2.60 bits per heavy atom. The predicted octanol–water partition coefficient (Wildman–Crippen LogP) is 2.97. The molecule has 0 spiro atoms. The summed E-state index contributed by atoms with van der Waals surface area (Å²) < 4.78 is 10.4. The molecule has 0 aliphatic rings. The fraction of sp³-hybridized carbons (Fsp3) is 0.188. The molecule has 9 heteroatoms. The van der Waals surface area contributed by atoms with Gasteiger partial charge in [0.25, 0.3) is 11.1 Å². The summed E-state index contributed by atoms with van der Waals surface area (Å²) in [6, 6.07) is 8.36. The lowest BCUT2D eigenvalue weighted by Gasteiger charge is -2.03. The van der Waals surface area contributed by atoms with Crippen molar-refractivity contribution < 1.29 is 18.5 Å². The van der Waals surface area contributed by atoms with E-state index in [1.165, 1.54) is 6.92 Å². The summed E-state index contributed by atoms with van der Waals surface area (Å²) in [6.45, 7) is 3.19. The second-order valence-corrected chi connectivity index (χ2v) is 6.09. The fourth-order valence-electron chi connectivity index (χ4n) is 1.99. The first-order valence-corrected chi connectivity index (χ1v) is 8.30. The highest BCUT2D eigenvalue weighted by atomic mass is 32.2. The van der Waals surface area contributed by atoms with Gasteiger partial charge in [0.05, 0.1) is 5.75 Å². The van der Waals surface area contributed by atoms with Gasteiger partial charge in [0.2, 0.25) is 5.91 Å². The normalized spacial score (nSPS) is 10.6. The maximum Gasteiger partial charge on any atom is 0.277 e. The summed E-state index contributed by atoms with van der Waals surface area (Å²) in [5.74, 6) is 0.783. The van der Waals surface area contributed by atoms with Crippen molar-refractivity contribution in [3.63, 3.8) is 0 Å². The molecule has 3 rings (SSSR count). The third-order valence-corrected chi connectivity index (χ3v) is 3.93. The van der Waals surface area contributed by atoms with Gasteiger partial charge in [-0.15, -0.1) is 10.2 Å². The number of nitrogens with one attached hydrogen (secondary N) is 1. The average molecular weight is 358 g/mol. The van der Waals surface area contributed by atoms with Crippen molar-refractivity contribution in [3.8, 4) is 11.6 Å². The number of nitrogens with zero attached hydrogens (tertiary/aromatic N) is 3. The van der Waals surface area contributed by atoms with Crippen molar-refractivity contribution in [2.75, 3.05) is 11.1 Å². The molecule has 1 amide bonds. The molecule has 3 aromatic rings. The Labute approximate surface area is 147 Å². The molecule has 0 aliphatic heterocycles. The number of hydrogen-bond donors (Lipinski definition) is 1. The van der Waals surface area contributed by atoms with E-state index in [-0.39, 0.29) is 28.6 Å². The van der Waals surface area contributed by atoms with Crippen LogP contribution in [0.15, 0.2) is 44.5 Å². The highest BCUT2D eigenvalue weighted by Gasteiger charge is 2.15. The van der Waals surface area contributed by atoms with Crippen molar-refractivity contribution in [2.45, 2.75) is 19.1 Å². The number of amides is 1. The van der Waals surface area contributed by atoms with Crippen molar-refractivity contribution in [2.24, 2.45) is 0 Å². The number of anilines is 1. The minimum atomic E-state index is -0.163. The number of hydrogen-bond acceptors (Lipinski definition) is 8. The molecule has 0 bridgehead atoms. The maximum atomic E-state index is 12.2. The summed E-state index contributed by atoms with van der Waals surface area (Å²) in [6.07, 6.45) is 0. The zero-order valence-electron chi connectivity index (χ0n) is 13.5. The van der Waals surface area contributed by atoms with Crippen molar-refractivity contribution in [1.29, 1.82) is 0 Å². The van der Waals surface area contributed by atoms with Crippen molar-refractivity contribution >= 4 is 29.1 Å². The monoisotopic (exact) mass is 358 g/mol. The lowest BCUT2D eigenvalue weighted by Crippen LogP contribution is -2.07. The molecule has 0 fully saturated rings. The Kier molecular flexibility index (Phi) is 4.94. The van der Waals surface area contributed by atoms with E-state index in [0.29, 0.717) is 22.7 Å². The number of carbonyl (C=O) groups excluding carboxylic acids is 2. The molecule has 2 aromatic heterocycles. The van der Waals surface area contributed by atoms with Gasteiger partial charge in [0, 0.05) is 24.2 Å². The smallest absolute Gasteiger partial charge is 0.277 e. The van der Waals surface area contributed by atoms with E-state index in [1.54, 1.807) is 37.3 Å². The minimum absolute atomic E-state index is 0.0867. The van der Waals surface area contributed by atoms with Crippen LogP contribution in [0.5, 0.6) is 0 Å². The van der Waals surface area contributed by atoms with Gasteiger partial charge in [0.1, 0.15) is 5.76 Å². The van der Waals surface area contributed by atoms with Gasteiger partial charge in [-0.05, 0) is 31.2 Å². The predicted molar refractivity (Wildman–Crippen MR) is 90.3 cm³/mol. The third-order valence-electron chi connectivity index (χ3n) is 3.11. The Morgan fingerprint density at radius 2 is 1.96 bits per heavy atom. The van der Waals surface area contributed by atoms with Crippen LogP contribution in [0, 0.1) is 6.92 Å². The third kappa shape index (κ3) is 4.32. The van der Waals surface area contributed by atoms with Crippen LogP contribution in [0.2, 0.25) is 0 Å². The SMILES string of the molecule is CC(=O)Nc1ccc(C(=O)CSc2nnc(-c3cc(C)on3)o2)cc1. The fourth-order valence-corrected chi connectivity index (χ4v) is 2.65. The Hall–Kier alpha value is -2.94. The number of ketones is 1. The summed E-state index contributed by atoms with van der Waals surface area (Å²) in [5.41, 5.74) is 1.63. The van der Waals surface area contributed by atoms with Crippen LogP contribution in [0.25, 0.3) is 11.6 Å². The molecule has 25 heavy (non-hydrogen) atoms. The number of rotatable bonds is 6. The molecule has 0 unspecified atom stereocenters. The average Bonchev–Trinajstić information content (AvgIpc) is 3.21. The topological polar surface area (TPSA) is 111 Å². The number of thioether (sulfide) groups is 1. The van der Waals surface area contributed by atoms with Crippen LogP contribution in [-0.4, -0.2) is 32.8 Å². The number of carbonyl (C=O) groups is 2. The maximum absolute atomic E-state index is 12.2. The van der Waals surface area contributed by atoms with E-state index in [2.05, 4.69) is 20.7 Å². The van der Waals surface area contributed by atoms with Gasteiger partial charge in [0.15, 0.2) is 11.5 Å². The summed E-state index contributed by atoms with van der Waals surface area (Å²) in [7, 11) is 0. The first-order valence-electron chi connectivity index (χ1n) is 7.32. The first kappa shape index (κ1) is 16.9. The molecule has 8 nitrogen and oxygen atoms in total. The standard InChI is InChI=1S/C16H14N4O4S/c1-9-7-13(20-24-9)15-18-19-16(23-15)25-8-14(22)11-3-5-12(6-4-11)17-10(2)21/h3-7H,8H2,1-2H3,(H,17,21). The molecular weight excluding hydrogens is 344 g/mol. The zero-order valence-corrected chi connectivity index (χ0v) is 14.3. The van der Waals surface area contributed by atoms with E-state index in [1.807, 2.05) is 0 Å². The Morgan fingerprint density at radius 1 is 1.20 bits per heavy atom. The van der Waals surface area contributed by atoms with Gasteiger partial charge in [-0.25, -0.2) is 0 Å². The number of aryl methyl sites for hydroxylation is 1. The molecule has 0 saturated carbocycles. The second kappa shape index (κ2) is 7.31. The van der Waals surface area contributed by atoms with E-state index >= 15 is 0 Å². The van der Waals surface area contributed by atoms with Crippen LogP contribution in [0.1, 0.15) is 23.0 Å². The Bertz CT molecular complexity index is 901. The van der Waals surface area contributed by atoms with E-state index in [9.17, 15) is 9.59 Å². The van der Waals surface area contributed by atoms with Crippen molar-refractivity contribution in [3.05, 3.63) is 41.7 Å². The largest absolute Gasteiger partial charge is 0.409 e. The minimum Gasteiger partial charge on any atom is -0.409 e. The summed E-state index contributed by atoms with van der Waals surface area (Å²) in [4.78, 5) is 23.2. The van der Waals surface area contributed by atoms with Crippen LogP contribution < -0.4 is 5.32 Å². The number of aromatic nitrogens is 3. The van der Waals surface area contributed by atoms with E-state index < -0.39 is 0 Å². The van der Waals surface area contributed by atoms with Crippen LogP contribution in [-0.2, 0) is 4.79 Å². The van der Waals surface area contributed by atoms with E-state index in [4.69, 9.17) is 8.94 Å².